The first-order valence-electron chi connectivity index (χ1n) is 5.20. The van der Waals surface area contributed by atoms with Crippen molar-refractivity contribution >= 4 is 5.91 Å². The van der Waals surface area contributed by atoms with Crippen molar-refractivity contribution < 1.29 is 4.79 Å². The van der Waals surface area contributed by atoms with Gasteiger partial charge in [-0.2, -0.15) is 0 Å². The highest BCUT2D eigenvalue weighted by Crippen LogP contribution is 2.06. The molecule has 15 heavy (non-hydrogen) atoms. The lowest BCUT2D eigenvalue weighted by atomic mass is 10.2. The minimum atomic E-state index is 0.0800. The smallest absolute Gasteiger partial charge is 0.255 e. The van der Waals surface area contributed by atoms with Gasteiger partial charge in [0.15, 0.2) is 0 Å². The highest BCUT2D eigenvalue weighted by molar-refractivity contribution is 5.93. The van der Waals surface area contributed by atoms with Crippen LogP contribution in [-0.4, -0.2) is 41.5 Å². The maximum atomic E-state index is 12.0. The van der Waals surface area contributed by atoms with Crippen LogP contribution in [0.1, 0.15) is 17.3 Å². The Morgan fingerprint density at radius 1 is 1.67 bits per heavy atom. The summed E-state index contributed by atoms with van der Waals surface area (Å²) < 4.78 is 0. The molecule has 2 rings (SSSR count). The number of carbonyl (C=O) groups excluding carboxylic acids is 1. The quantitative estimate of drug-likeness (QED) is 0.727. The molecule has 1 aromatic heterocycles. The summed E-state index contributed by atoms with van der Waals surface area (Å²) in [6, 6.07) is 3.97. The second kappa shape index (κ2) is 4.40. The topological polar surface area (TPSA) is 45.2 Å². The van der Waals surface area contributed by atoms with Crippen molar-refractivity contribution in [1.82, 2.24) is 15.2 Å². The van der Waals surface area contributed by atoms with E-state index >= 15 is 0 Å². The Bertz CT molecular complexity index is 339. The summed E-state index contributed by atoms with van der Waals surface area (Å²) in [5, 5.41) is 3.31. The molecule has 0 unspecified atom stereocenters. The van der Waals surface area contributed by atoms with Crippen molar-refractivity contribution in [2.75, 3.05) is 19.6 Å². The Morgan fingerprint density at radius 3 is 3.20 bits per heavy atom. The Hall–Kier alpha value is -1.42. The molecule has 1 aliphatic rings. The summed E-state index contributed by atoms with van der Waals surface area (Å²) >= 11 is 0. The molecule has 1 amide bonds. The van der Waals surface area contributed by atoms with Crippen molar-refractivity contribution in [2.24, 2.45) is 0 Å². The molecule has 80 valence electrons. The number of rotatable bonds is 1. The lowest BCUT2D eigenvalue weighted by Crippen LogP contribution is -2.51. The van der Waals surface area contributed by atoms with Gasteiger partial charge in [0.1, 0.15) is 0 Å². The zero-order valence-corrected chi connectivity index (χ0v) is 8.81. The second-order valence-electron chi connectivity index (χ2n) is 3.85. The predicted octanol–water partition coefficient (Wildman–Crippen LogP) is 0.515. The van der Waals surface area contributed by atoms with Crippen molar-refractivity contribution in [3.05, 3.63) is 30.1 Å². The Morgan fingerprint density at radius 2 is 2.53 bits per heavy atom. The molecule has 0 aliphatic carbocycles. The normalized spacial score (nSPS) is 21.4. The molecule has 1 aliphatic heterocycles. The molecule has 1 N–H and O–H groups in total. The first kappa shape index (κ1) is 10.1. The van der Waals surface area contributed by atoms with Crippen LogP contribution in [-0.2, 0) is 0 Å². The van der Waals surface area contributed by atoms with Gasteiger partial charge in [0.25, 0.3) is 5.91 Å². The number of carbonyl (C=O) groups is 1. The largest absolute Gasteiger partial charge is 0.336 e. The van der Waals surface area contributed by atoms with E-state index < -0.39 is 0 Å². The molecule has 4 nitrogen and oxygen atoms in total. The maximum Gasteiger partial charge on any atom is 0.255 e. The molecule has 0 saturated carbocycles. The third-order valence-corrected chi connectivity index (χ3v) is 2.56. The van der Waals surface area contributed by atoms with Crippen molar-refractivity contribution in [2.45, 2.75) is 13.0 Å². The van der Waals surface area contributed by atoms with Gasteiger partial charge in [0.2, 0.25) is 0 Å². The minimum Gasteiger partial charge on any atom is -0.336 e. The second-order valence-corrected chi connectivity index (χ2v) is 3.85. The van der Waals surface area contributed by atoms with E-state index in [1.165, 1.54) is 0 Å². The summed E-state index contributed by atoms with van der Waals surface area (Å²) in [6.45, 7) is 4.50. The lowest BCUT2D eigenvalue weighted by Gasteiger charge is -2.31. The van der Waals surface area contributed by atoms with Crippen molar-refractivity contribution in [3.8, 4) is 0 Å². The molecule has 1 saturated heterocycles. The maximum absolute atomic E-state index is 12.0. The molecule has 1 fully saturated rings. The van der Waals surface area contributed by atoms with Gasteiger partial charge in [-0.15, -0.1) is 0 Å². The van der Waals surface area contributed by atoms with E-state index in [1.807, 2.05) is 11.0 Å². The van der Waals surface area contributed by atoms with Gasteiger partial charge in [-0.1, -0.05) is 0 Å². The number of pyridine rings is 1. The minimum absolute atomic E-state index is 0.0800. The van der Waals surface area contributed by atoms with Gasteiger partial charge in [0, 0.05) is 38.1 Å². The third kappa shape index (κ3) is 2.33. The van der Waals surface area contributed by atoms with E-state index in [0.717, 1.165) is 19.6 Å². The average Bonchev–Trinajstić information content (AvgIpc) is 2.29. The number of nitrogens with one attached hydrogen (secondary N) is 1. The van der Waals surface area contributed by atoms with E-state index in [-0.39, 0.29) is 5.91 Å². The van der Waals surface area contributed by atoms with Crippen LogP contribution in [0.25, 0.3) is 0 Å². The zero-order chi connectivity index (χ0) is 10.7. The van der Waals surface area contributed by atoms with E-state index in [2.05, 4.69) is 17.2 Å². The fourth-order valence-corrected chi connectivity index (χ4v) is 1.79. The van der Waals surface area contributed by atoms with Crippen LogP contribution in [0.5, 0.6) is 0 Å². The molecule has 0 bridgehead atoms. The van der Waals surface area contributed by atoms with Crippen LogP contribution < -0.4 is 5.32 Å². The summed E-state index contributed by atoms with van der Waals surface area (Å²) in [7, 11) is 0. The fourth-order valence-electron chi connectivity index (χ4n) is 1.79. The zero-order valence-electron chi connectivity index (χ0n) is 8.81. The molecule has 2 heterocycles. The summed E-state index contributed by atoms with van der Waals surface area (Å²) in [5.74, 6) is 0.0800. The highest BCUT2D eigenvalue weighted by atomic mass is 16.2. The van der Waals surface area contributed by atoms with Gasteiger partial charge in [-0.05, 0) is 19.1 Å². The van der Waals surface area contributed by atoms with Gasteiger partial charge in [0.05, 0.1) is 5.56 Å². The predicted molar refractivity (Wildman–Crippen MR) is 57.6 cm³/mol. The summed E-state index contributed by atoms with van der Waals surface area (Å²) in [5.41, 5.74) is 0.673. The van der Waals surface area contributed by atoms with Crippen molar-refractivity contribution in [1.29, 1.82) is 0 Å². The highest BCUT2D eigenvalue weighted by Gasteiger charge is 2.21. The van der Waals surface area contributed by atoms with Gasteiger partial charge < -0.3 is 10.2 Å². The average molecular weight is 205 g/mol. The first-order chi connectivity index (χ1) is 7.27. The Labute approximate surface area is 89.3 Å². The SMILES string of the molecule is C[C@@H]1CN(C(=O)c2cccnc2)CCN1. The first-order valence-corrected chi connectivity index (χ1v) is 5.20. The molecular formula is C11H15N3O. The Kier molecular flexibility index (Phi) is 2.97. The van der Waals surface area contributed by atoms with Crippen LogP contribution in [0, 0.1) is 0 Å². The molecule has 0 radical (unpaired) electrons. The van der Waals surface area contributed by atoms with E-state index in [1.54, 1.807) is 18.5 Å². The van der Waals surface area contributed by atoms with E-state index in [9.17, 15) is 4.79 Å². The van der Waals surface area contributed by atoms with Crippen molar-refractivity contribution in [3.63, 3.8) is 0 Å². The van der Waals surface area contributed by atoms with Crippen LogP contribution in [0.15, 0.2) is 24.5 Å². The monoisotopic (exact) mass is 205 g/mol. The van der Waals surface area contributed by atoms with Gasteiger partial charge in [-0.25, -0.2) is 0 Å². The molecule has 4 heteroatoms. The number of amides is 1. The number of hydrogen-bond acceptors (Lipinski definition) is 3. The molecule has 1 atom stereocenters. The number of nitrogens with zero attached hydrogens (tertiary/aromatic N) is 2. The van der Waals surface area contributed by atoms with Crippen LogP contribution in [0.3, 0.4) is 0 Å². The van der Waals surface area contributed by atoms with Gasteiger partial charge in [-0.3, -0.25) is 9.78 Å². The summed E-state index contributed by atoms with van der Waals surface area (Å²) in [6.07, 6.45) is 3.30. The molecule has 0 spiro atoms. The number of aromatic nitrogens is 1. The molecule has 1 aromatic rings. The third-order valence-electron chi connectivity index (χ3n) is 2.56. The number of hydrogen-bond donors (Lipinski definition) is 1. The summed E-state index contributed by atoms with van der Waals surface area (Å²) in [4.78, 5) is 17.8. The lowest BCUT2D eigenvalue weighted by molar-refractivity contribution is 0.0708. The Balaban J connectivity index is 2.08. The fraction of sp³-hybridized carbons (Fsp3) is 0.455. The van der Waals surface area contributed by atoms with Crippen LogP contribution in [0.4, 0.5) is 0 Å². The standard InChI is InChI=1S/C11H15N3O/c1-9-8-14(6-5-13-9)11(15)10-3-2-4-12-7-10/h2-4,7,9,13H,5-6,8H2,1H3/t9-/m1/s1. The van der Waals surface area contributed by atoms with E-state index in [0.29, 0.717) is 11.6 Å². The van der Waals surface area contributed by atoms with Crippen LogP contribution in [0.2, 0.25) is 0 Å². The molecule has 0 aromatic carbocycles. The number of piperazine rings is 1. The van der Waals surface area contributed by atoms with E-state index in [4.69, 9.17) is 0 Å². The molecular weight excluding hydrogens is 190 g/mol. The van der Waals surface area contributed by atoms with Gasteiger partial charge >= 0.3 is 0 Å². The van der Waals surface area contributed by atoms with Crippen LogP contribution >= 0.6 is 0 Å².